The molecule has 7 heteroatoms. The standard InChI is InChI=1S/C19H21N5O2/c1-11-8-15(11)19(25)21-12(2)18-22-17-9-16(20-10-24(17)23-18)13-4-6-14(26-3)7-5-13/h4-7,9-12,15H,8H2,1-3H3,(H,21,25)/t11-,12+,15+/m0/s1. The Kier molecular flexibility index (Phi) is 4.06. The number of ether oxygens (including phenoxy) is 1. The summed E-state index contributed by atoms with van der Waals surface area (Å²) in [6, 6.07) is 9.35. The van der Waals surface area contributed by atoms with Crippen LogP contribution in [0, 0.1) is 11.8 Å². The third-order valence-corrected chi connectivity index (χ3v) is 4.82. The highest BCUT2D eigenvalue weighted by Gasteiger charge is 2.39. The molecular formula is C19H21N5O2. The van der Waals surface area contributed by atoms with Gasteiger partial charge >= 0.3 is 0 Å². The number of fused-ring (bicyclic) bond motifs is 1. The molecule has 1 amide bonds. The van der Waals surface area contributed by atoms with Crippen molar-refractivity contribution in [2.24, 2.45) is 11.8 Å². The number of nitrogens with zero attached hydrogens (tertiary/aromatic N) is 4. The van der Waals surface area contributed by atoms with Gasteiger partial charge in [-0.1, -0.05) is 6.92 Å². The van der Waals surface area contributed by atoms with E-state index in [1.54, 1.807) is 18.0 Å². The van der Waals surface area contributed by atoms with Gasteiger partial charge in [0.25, 0.3) is 0 Å². The molecular weight excluding hydrogens is 330 g/mol. The molecule has 3 atom stereocenters. The zero-order valence-corrected chi connectivity index (χ0v) is 15.0. The molecule has 3 aromatic rings. The van der Waals surface area contributed by atoms with Gasteiger partial charge in [0.05, 0.1) is 18.8 Å². The van der Waals surface area contributed by atoms with Crippen molar-refractivity contribution in [1.29, 1.82) is 0 Å². The van der Waals surface area contributed by atoms with Gasteiger partial charge in [0, 0.05) is 17.5 Å². The van der Waals surface area contributed by atoms with E-state index in [-0.39, 0.29) is 17.9 Å². The van der Waals surface area contributed by atoms with Gasteiger partial charge < -0.3 is 10.1 Å². The first-order valence-electron chi connectivity index (χ1n) is 8.72. The number of carbonyl (C=O) groups excluding carboxylic acids is 1. The average Bonchev–Trinajstić information content (AvgIpc) is 3.24. The highest BCUT2D eigenvalue weighted by Crippen LogP contribution is 2.38. The van der Waals surface area contributed by atoms with Gasteiger partial charge in [0.1, 0.15) is 12.1 Å². The zero-order valence-electron chi connectivity index (χ0n) is 15.0. The van der Waals surface area contributed by atoms with Crippen LogP contribution in [0.1, 0.15) is 32.1 Å². The lowest BCUT2D eigenvalue weighted by atomic mass is 10.1. The monoisotopic (exact) mass is 351 g/mol. The molecule has 1 fully saturated rings. The third-order valence-electron chi connectivity index (χ3n) is 4.82. The Labute approximate surface area is 151 Å². The molecule has 2 heterocycles. The first-order chi connectivity index (χ1) is 12.5. The minimum absolute atomic E-state index is 0.0842. The average molecular weight is 351 g/mol. The highest BCUT2D eigenvalue weighted by atomic mass is 16.5. The van der Waals surface area contributed by atoms with Crippen molar-refractivity contribution in [3.63, 3.8) is 0 Å². The predicted octanol–water partition coefficient (Wildman–Crippen LogP) is 2.63. The summed E-state index contributed by atoms with van der Waals surface area (Å²) in [5.41, 5.74) is 2.48. The van der Waals surface area contributed by atoms with Crippen molar-refractivity contribution in [1.82, 2.24) is 24.9 Å². The molecule has 1 N–H and O–H groups in total. The number of hydrogen-bond acceptors (Lipinski definition) is 5. The SMILES string of the molecule is COc1ccc(-c2cc3nc([C@@H](C)NC(=O)[C@@H]4C[C@@H]4C)nn3cn2)cc1. The molecule has 1 aliphatic carbocycles. The summed E-state index contributed by atoms with van der Waals surface area (Å²) in [5.74, 6) is 2.08. The fourth-order valence-corrected chi connectivity index (χ4v) is 2.99. The molecule has 0 spiro atoms. The van der Waals surface area contributed by atoms with Gasteiger partial charge in [-0.25, -0.2) is 14.5 Å². The summed E-state index contributed by atoms with van der Waals surface area (Å²) in [6.07, 6.45) is 2.61. The molecule has 1 aromatic carbocycles. The van der Waals surface area contributed by atoms with E-state index in [9.17, 15) is 4.79 Å². The van der Waals surface area contributed by atoms with Gasteiger partial charge in [-0.2, -0.15) is 0 Å². The summed E-state index contributed by atoms with van der Waals surface area (Å²) in [5, 5.41) is 7.43. The summed E-state index contributed by atoms with van der Waals surface area (Å²) in [4.78, 5) is 21.1. The number of benzene rings is 1. The lowest BCUT2D eigenvalue weighted by Crippen LogP contribution is -2.29. The third kappa shape index (κ3) is 3.12. The first-order valence-corrected chi connectivity index (χ1v) is 8.72. The number of amides is 1. The smallest absolute Gasteiger partial charge is 0.223 e. The summed E-state index contributed by atoms with van der Waals surface area (Å²) < 4.78 is 6.81. The maximum Gasteiger partial charge on any atom is 0.223 e. The van der Waals surface area contributed by atoms with Crippen LogP contribution >= 0.6 is 0 Å². The first kappa shape index (κ1) is 16.5. The van der Waals surface area contributed by atoms with E-state index < -0.39 is 0 Å². The Morgan fingerprint density at radius 2 is 2.08 bits per heavy atom. The number of hydrogen-bond donors (Lipinski definition) is 1. The maximum atomic E-state index is 12.1. The zero-order chi connectivity index (χ0) is 18.3. The van der Waals surface area contributed by atoms with E-state index in [2.05, 4.69) is 27.3 Å². The molecule has 1 saturated carbocycles. The molecule has 4 rings (SSSR count). The van der Waals surface area contributed by atoms with Gasteiger partial charge in [0.2, 0.25) is 5.91 Å². The molecule has 0 saturated heterocycles. The molecule has 0 radical (unpaired) electrons. The molecule has 7 nitrogen and oxygen atoms in total. The topological polar surface area (TPSA) is 81.4 Å². The number of carbonyl (C=O) groups is 1. The Balaban J connectivity index is 1.55. The van der Waals surface area contributed by atoms with Gasteiger partial charge in [-0.3, -0.25) is 4.79 Å². The van der Waals surface area contributed by atoms with Crippen molar-refractivity contribution in [2.75, 3.05) is 7.11 Å². The van der Waals surface area contributed by atoms with Gasteiger partial charge in [-0.15, -0.1) is 5.10 Å². The second-order valence-corrected chi connectivity index (χ2v) is 6.83. The van der Waals surface area contributed by atoms with E-state index in [4.69, 9.17) is 4.74 Å². The van der Waals surface area contributed by atoms with E-state index >= 15 is 0 Å². The lowest BCUT2D eigenvalue weighted by molar-refractivity contribution is -0.123. The van der Waals surface area contributed by atoms with Crippen LogP contribution in [0.25, 0.3) is 16.9 Å². The maximum absolute atomic E-state index is 12.1. The minimum Gasteiger partial charge on any atom is -0.497 e. The van der Waals surface area contributed by atoms with Crippen molar-refractivity contribution >= 4 is 11.6 Å². The van der Waals surface area contributed by atoms with E-state index in [0.717, 1.165) is 23.4 Å². The lowest BCUT2D eigenvalue weighted by Gasteiger charge is -2.09. The largest absolute Gasteiger partial charge is 0.497 e. The second-order valence-electron chi connectivity index (χ2n) is 6.83. The van der Waals surface area contributed by atoms with Crippen molar-refractivity contribution < 1.29 is 9.53 Å². The van der Waals surface area contributed by atoms with Crippen LogP contribution in [0.2, 0.25) is 0 Å². The second kappa shape index (κ2) is 6.40. The normalized spacial score (nSPS) is 20.0. The quantitative estimate of drug-likeness (QED) is 0.764. The molecule has 1 aliphatic rings. The number of methoxy groups -OCH3 is 1. The van der Waals surface area contributed by atoms with Crippen molar-refractivity contribution in [3.05, 3.63) is 42.5 Å². The summed E-state index contributed by atoms with van der Waals surface area (Å²) in [6.45, 7) is 3.99. The molecule has 0 aliphatic heterocycles. The van der Waals surface area contributed by atoms with Crippen LogP contribution in [-0.4, -0.2) is 32.6 Å². The minimum atomic E-state index is -0.236. The summed E-state index contributed by atoms with van der Waals surface area (Å²) in [7, 11) is 1.64. The van der Waals surface area contributed by atoms with E-state index in [1.807, 2.05) is 37.3 Å². The van der Waals surface area contributed by atoms with Crippen molar-refractivity contribution in [2.45, 2.75) is 26.3 Å². The number of aromatic nitrogens is 4. The van der Waals surface area contributed by atoms with Crippen LogP contribution in [0.15, 0.2) is 36.7 Å². The predicted molar refractivity (Wildman–Crippen MR) is 96.6 cm³/mol. The van der Waals surface area contributed by atoms with Crippen LogP contribution in [-0.2, 0) is 4.79 Å². The highest BCUT2D eigenvalue weighted by molar-refractivity contribution is 5.81. The molecule has 134 valence electrons. The Morgan fingerprint density at radius 1 is 1.35 bits per heavy atom. The molecule has 26 heavy (non-hydrogen) atoms. The fourth-order valence-electron chi connectivity index (χ4n) is 2.99. The van der Waals surface area contributed by atoms with Gasteiger partial charge in [0.15, 0.2) is 11.5 Å². The Bertz CT molecular complexity index is 950. The van der Waals surface area contributed by atoms with E-state index in [1.165, 1.54) is 0 Å². The van der Waals surface area contributed by atoms with Crippen LogP contribution < -0.4 is 10.1 Å². The Morgan fingerprint density at radius 3 is 2.73 bits per heavy atom. The van der Waals surface area contributed by atoms with Gasteiger partial charge in [-0.05, 0) is 43.5 Å². The van der Waals surface area contributed by atoms with Crippen LogP contribution in [0.4, 0.5) is 0 Å². The fraction of sp³-hybridized carbons (Fsp3) is 0.368. The van der Waals surface area contributed by atoms with E-state index in [0.29, 0.717) is 17.4 Å². The number of nitrogens with one attached hydrogen (secondary N) is 1. The Hall–Kier alpha value is -2.96. The van der Waals surface area contributed by atoms with Crippen LogP contribution in [0.3, 0.4) is 0 Å². The molecule has 2 aromatic heterocycles. The number of rotatable bonds is 5. The van der Waals surface area contributed by atoms with Crippen LogP contribution in [0.5, 0.6) is 5.75 Å². The molecule has 0 bridgehead atoms. The summed E-state index contributed by atoms with van der Waals surface area (Å²) >= 11 is 0. The van der Waals surface area contributed by atoms with Crippen molar-refractivity contribution in [3.8, 4) is 17.0 Å². The molecule has 0 unspecified atom stereocenters.